The lowest BCUT2D eigenvalue weighted by atomic mass is 10.0. The molecule has 1 aliphatic rings. The molecule has 108 valence electrons. The third kappa shape index (κ3) is 7.38. The number of ether oxygens (including phenoxy) is 1. The van der Waals surface area contributed by atoms with Crippen molar-refractivity contribution in [3.8, 4) is 0 Å². The van der Waals surface area contributed by atoms with Crippen LogP contribution in [0.4, 0.5) is 0 Å². The summed E-state index contributed by atoms with van der Waals surface area (Å²) in [6.07, 6.45) is 10.8. The van der Waals surface area contributed by atoms with Crippen molar-refractivity contribution in [2.45, 2.75) is 84.3 Å². The van der Waals surface area contributed by atoms with Crippen molar-refractivity contribution in [1.82, 2.24) is 5.32 Å². The standard InChI is InChI=1S/C16H33NO/c1-4-7-9-14(6-3)13-18-16(8-5-2)12-17-15-10-11-15/h14-17H,4-13H2,1-3H3. The maximum atomic E-state index is 6.15. The average Bonchev–Trinajstić information content (AvgIpc) is 3.20. The number of rotatable bonds is 12. The Kier molecular flexibility index (Phi) is 8.70. The van der Waals surface area contributed by atoms with Gasteiger partial charge in [-0.25, -0.2) is 0 Å². The molecule has 2 unspecified atom stereocenters. The van der Waals surface area contributed by atoms with Crippen molar-refractivity contribution in [1.29, 1.82) is 0 Å². The average molecular weight is 255 g/mol. The summed E-state index contributed by atoms with van der Waals surface area (Å²) < 4.78 is 6.15. The van der Waals surface area contributed by atoms with Crippen molar-refractivity contribution in [2.24, 2.45) is 5.92 Å². The van der Waals surface area contributed by atoms with Crippen LogP contribution in [0.3, 0.4) is 0 Å². The van der Waals surface area contributed by atoms with Crippen molar-refractivity contribution in [2.75, 3.05) is 13.2 Å². The maximum Gasteiger partial charge on any atom is 0.0699 e. The van der Waals surface area contributed by atoms with Gasteiger partial charge in [0.05, 0.1) is 6.10 Å². The molecule has 1 fully saturated rings. The van der Waals surface area contributed by atoms with Crippen LogP contribution in [0.25, 0.3) is 0 Å². The van der Waals surface area contributed by atoms with Gasteiger partial charge in [0.15, 0.2) is 0 Å². The van der Waals surface area contributed by atoms with Gasteiger partial charge in [-0.3, -0.25) is 0 Å². The molecule has 0 saturated heterocycles. The van der Waals surface area contributed by atoms with Crippen LogP contribution < -0.4 is 5.32 Å². The van der Waals surface area contributed by atoms with E-state index in [1.807, 2.05) is 0 Å². The summed E-state index contributed by atoms with van der Waals surface area (Å²) in [5, 5.41) is 3.60. The second-order valence-corrected chi connectivity index (χ2v) is 5.84. The van der Waals surface area contributed by atoms with E-state index in [-0.39, 0.29) is 0 Å². The molecule has 0 aromatic rings. The van der Waals surface area contributed by atoms with E-state index in [1.54, 1.807) is 0 Å². The van der Waals surface area contributed by atoms with Crippen molar-refractivity contribution < 1.29 is 4.74 Å². The molecule has 1 N–H and O–H groups in total. The molecule has 18 heavy (non-hydrogen) atoms. The van der Waals surface area contributed by atoms with E-state index in [1.165, 1.54) is 51.4 Å². The highest BCUT2D eigenvalue weighted by Crippen LogP contribution is 2.19. The van der Waals surface area contributed by atoms with E-state index in [4.69, 9.17) is 4.74 Å². The van der Waals surface area contributed by atoms with Gasteiger partial charge in [0.25, 0.3) is 0 Å². The van der Waals surface area contributed by atoms with Crippen LogP contribution >= 0.6 is 0 Å². The van der Waals surface area contributed by atoms with Crippen LogP contribution in [0, 0.1) is 5.92 Å². The van der Waals surface area contributed by atoms with Gasteiger partial charge >= 0.3 is 0 Å². The first-order valence-electron chi connectivity index (χ1n) is 8.15. The summed E-state index contributed by atoms with van der Waals surface area (Å²) >= 11 is 0. The largest absolute Gasteiger partial charge is 0.377 e. The number of unbranched alkanes of at least 4 members (excludes halogenated alkanes) is 1. The Morgan fingerprint density at radius 2 is 1.89 bits per heavy atom. The molecule has 1 aliphatic carbocycles. The molecule has 0 aromatic carbocycles. The molecular weight excluding hydrogens is 222 g/mol. The van der Waals surface area contributed by atoms with Crippen LogP contribution in [0.5, 0.6) is 0 Å². The number of hydrogen-bond acceptors (Lipinski definition) is 2. The van der Waals surface area contributed by atoms with E-state index in [0.29, 0.717) is 6.10 Å². The Morgan fingerprint density at radius 1 is 1.11 bits per heavy atom. The minimum absolute atomic E-state index is 0.436. The monoisotopic (exact) mass is 255 g/mol. The van der Waals surface area contributed by atoms with Crippen LogP contribution in [-0.4, -0.2) is 25.3 Å². The fraction of sp³-hybridized carbons (Fsp3) is 1.00. The lowest BCUT2D eigenvalue weighted by molar-refractivity contribution is 0.0208. The molecule has 0 heterocycles. The van der Waals surface area contributed by atoms with Gasteiger partial charge in [0, 0.05) is 19.2 Å². The quantitative estimate of drug-likeness (QED) is 0.566. The van der Waals surface area contributed by atoms with Gasteiger partial charge in [-0.1, -0.05) is 46.5 Å². The number of nitrogens with one attached hydrogen (secondary N) is 1. The molecule has 0 spiro atoms. The summed E-state index contributed by atoms with van der Waals surface area (Å²) in [6.45, 7) is 8.84. The molecule has 0 aromatic heterocycles. The van der Waals surface area contributed by atoms with E-state index in [0.717, 1.165) is 25.1 Å². The summed E-state index contributed by atoms with van der Waals surface area (Å²) in [6, 6.07) is 0.801. The zero-order chi connectivity index (χ0) is 13.2. The predicted molar refractivity (Wildman–Crippen MR) is 79.0 cm³/mol. The Hall–Kier alpha value is -0.0800. The van der Waals surface area contributed by atoms with E-state index < -0.39 is 0 Å². The highest BCUT2D eigenvalue weighted by atomic mass is 16.5. The van der Waals surface area contributed by atoms with Gasteiger partial charge < -0.3 is 10.1 Å². The highest BCUT2D eigenvalue weighted by molar-refractivity contribution is 4.82. The highest BCUT2D eigenvalue weighted by Gasteiger charge is 2.22. The first-order valence-corrected chi connectivity index (χ1v) is 8.15. The topological polar surface area (TPSA) is 21.3 Å². The Labute approximate surface area is 114 Å². The second-order valence-electron chi connectivity index (χ2n) is 5.84. The first kappa shape index (κ1) is 16.0. The maximum absolute atomic E-state index is 6.15. The van der Waals surface area contributed by atoms with Gasteiger partial charge in [0.1, 0.15) is 0 Å². The summed E-state index contributed by atoms with van der Waals surface area (Å²) in [7, 11) is 0. The normalized spacial score (nSPS) is 18.8. The van der Waals surface area contributed by atoms with Crippen molar-refractivity contribution in [3.63, 3.8) is 0 Å². The van der Waals surface area contributed by atoms with E-state index in [9.17, 15) is 0 Å². The molecule has 0 aliphatic heterocycles. The summed E-state index contributed by atoms with van der Waals surface area (Å²) in [5.74, 6) is 0.769. The summed E-state index contributed by atoms with van der Waals surface area (Å²) in [5.41, 5.74) is 0. The Balaban J connectivity index is 2.15. The third-order valence-corrected chi connectivity index (χ3v) is 3.93. The molecule has 2 nitrogen and oxygen atoms in total. The SMILES string of the molecule is CCCCC(CC)COC(CCC)CNC1CC1. The van der Waals surface area contributed by atoms with Gasteiger partial charge in [-0.15, -0.1) is 0 Å². The third-order valence-electron chi connectivity index (χ3n) is 3.93. The molecule has 0 amide bonds. The fourth-order valence-electron chi connectivity index (χ4n) is 2.32. The predicted octanol–water partition coefficient (Wildman–Crippen LogP) is 4.14. The smallest absolute Gasteiger partial charge is 0.0699 e. The molecule has 2 atom stereocenters. The zero-order valence-corrected chi connectivity index (χ0v) is 12.7. The Bertz CT molecular complexity index is 192. The van der Waals surface area contributed by atoms with Crippen molar-refractivity contribution >= 4 is 0 Å². The lowest BCUT2D eigenvalue weighted by Crippen LogP contribution is -2.31. The fourth-order valence-corrected chi connectivity index (χ4v) is 2.32. The molecule has 0 radical (unpaired) electrons. The lowest BCUT2D eigenvalue weighted by Gasteiger charge is -2.22. The molecular formula is C16H33NO. The molecule has 2 heteroatoms. The Morgan fingerprint density at radius 3 is 2.44 bits per heavy atom. The van der Waals surface area contributed by atoms with Gasteiger partial charge in [0.2, 0.25) is 0 Å². The van der Waals surface area contributed by atoms with Gasteiger partial charge in [-0.05, 0) is 31.6 Å². The van der Waals surface area contributed by atoms with E-state index in [2.05, 4.69) is 26.1 Å². The number of hydrogen-bond donors (Lipinski definition) is 1. The minimum Gasteiger partial charge on any atom is -0.377 e. The summed E-state index contributed by atoms with van der Waals surface area (Å²) in [4.78, 5) is 0. The van der Waals surface area contributed by atoms with Crippen LogP contribution in [-0.2, 0) is 4.74 Å². The van der Waals surface area contributed by atoms with E-state index >= 15 is 0 Å². The second kappa shape index (κ2) is 9.80. The van der Waals surface area contributed by atoms with Crippen molar-refractivity contribution in [3.05, 3.63) is 0 Å². The minimum atomic E-state index is 0.436. The zero-order valence-electron chi connectivity index (χ0n) is 12.7. The molecule has 1 saturated carbocycles. The van der Waals surface area contributed by atoms with Crippen LogP contribution in [0.1, 0.15) is 72.1 Å². The van der Waals surface area contributed by atoms with Crippen LogP contribution in [0.2, 0.25) is 0 Å². The van der Waals surface area contributed by atoms with Gasteiger partial charge in [-0.2, -0.15) is 0 Å². The molecule has 1 rings (SSSR count). The van der Waals surface area contributed by atoms with Crippen LogP contribution in [0.15, 0.2) is 0 Å². The first-order chi connectivity index (χ1) is 8.80. The molecule has 0 bridgehead atoms.